The first kappa shape index (κ1) is 18.6. The second-order valence-electron chi connectivity index (χ2n) is 6.57. The quantitative estimate of drug-likeness (QED) is 0.785. The van der Waals surface area contributed by atoms with Gasteiger partial charge in [0.25, 0.3) is 0 Å². The molecule has 0 bridgehead atoms. The van der Waals surface area contributed by atoms with Crippen LogP contribution in [0.1, 0.15) is 25.0 Å². The highest BCUT2D eigenvalue weighted by Crippen LogP contribution is 2.43. The Labute approximate surface area is 156 Å². The number of ether oxygens (including phenoxy) is 1. The van der Waals surface area contributed by atoms with Crippen LogP contribution < -0.4 is 0 Å². The molecule has 0 N–H and O–H groups in total. The summed E-state index contributed by atoms with van der Waals surface area (Å²) in [6, 6.07) is 9.73. The summed E-state index contributed by atoms with van der Waals surface area (Å²) in [6.07, 6.45) is 1.08. The van der Waals surface area contributed by atoms with Gasteiger partial charge in [-0.2, -0.15) is 0 Å². The lowest BCUT2D eigenvalue weighted by Gasteiger charge is -2.18. The van der Waals surface area contributed by atoms with Crippen molar-refractivity contribution >= 4 is 38.6 Å². The summed E-state index contributed by atoms with van der Waals surface area (Å²) >= 11 is 6.28. The van der Waals surface area contributed by atoms with E-state index in [-0.39, 0.29) is 27.0 Å². The van der Waals surface area contributed by atoms with Gasteiger partial charge in [-0.05, 0) is 49.7 Å². The topological polar surface area (TPSA) is 60.4 Å². The molecule has 0 fully saturated rings. The number of benzene rings is 2. The molecule has 0 spiro atoms. The van der Waals surface area contributed by atoms with Gasteiger partial charge in [0, 0.05) is 11.8 Å². The van der Waals surface area contributed by atoms with E-state index in [2.05, 4.69) is 0 Å². The van der Waals surface area contributed by atoms with Crippen LogP contribution in [0.3, 0.4) is 0 Å². The van der Waals surface area contributed by atoms with Crippen molar-refractivity contribution in [3.05, 3.63) is 64.4 Å². The molecule has 1 aliphatic heterocycles. The van der Waals surface area contributed by atoms with Crippen LogP contribution in [-0.2, 0) is 19.4 Å². The van der Waals surface area contributed by atoms with E-state index in [0.717, 1.165) is 6.26 Å². The summed E-state index contributed by atoms with van der Waals surface area (Å²) in [5, 5.41) is 0.146. The molecular weight excluding hydrogens is 379 g/mol. The van der Waals surface area contributed by atoms with Crippen LogP contribution in [0.15, 0.2) is 47.4 Å². The zero-order chi connectivity index (χ0) is 19.3. The molecule has 1 aliphatic rings. The minimum absolute atomic E-state index is 0.0683. The third kappa shape index (κ3) is 3.27. The largest absolute Gasteiger partial charge is 0.478 e. The third-order valence-electron chi connectivity index (χ3n) is 4.10. The van der Waals surface area contributed by atoms with Gasteiger partial charge in [-0.3, -0.25) is 4.79 Å². The highest BCUT2D eigenvalue weighted by atomic mass is 35.5. The maximum atomic E-state index is 13.3. The van der Waals surface area contributed by atoms with Crippen molar-refractivity contribution in [1.29, 1.82) is 0 Å². The number of halogens is 2. The fourth-order valence-corrected chi connectivity index (χ4v) is 3.71. The van der Waals surface area contributed by atoms with Crippen LogP contribution in [0, 0.1) is 5.82 Å². The molecule has 0 unspecified atom stereocenters. The van der Waals surface area contributed by atoms with Crippen molar-refractivity contribution in [3.63, 3.8) is 0 Å². The smallest absolute Gasteiger partial charge is 0.210 e. The van der Waals surface area contributed by atoms with Gasteiger partial charge in [0.15, 0.2) is 15.4 Å². The highest BCUT2D eigenvalue weighted by molar-refractivity contribution is 7.90. The number of hydrogen-bond donors (Lipinski definition) is 0. The lowest BCUT2D eigenvalue weighted by molar-refractivity contribution is -0.125. The Morgan fingerprint density at radius 2 is 1.69 bits per heavy atom. The van der Waals surface area contributed by atoms with Gasteiger partial charge >= 0.3 is 0 Å². The molecule has 0 amide bonds. The fourth-order valence-electron chi connectivity index (χ4n) is 2.74. The standard InChI is InChI=1S/C19H16ClFO4S/c1-19(2)18(22)16(11-4-6-12(21)7-5-11)17(25-19)14-9-8-13(10-15(14)20)26(3,23)24/h4-10H,1-3H3. The van der Waals surface area contributed by atoms with Crippen LogP contribution in [0.2, 0.25) is 5.02 Å². The molecule has 136 valence electrons. The minimum Gasteiger partial charge on any atom is -0.478 e. The van der Waals surface area contributed by atoms with Gasteiger partial charge < -0.3 is 4.74 Å². The molecule has 0 aromatic heterocycles. The summed E-state index contributed by atoms with van der Waals surface area (Å²) in [4.78, 5) is 12.9. The molecule has 2 aromatic carbocycles. The molecule has 0 saturated carbocycles. The van der Waals surface area contributed by atoms with Crippen LogP contribution in [0.25, 0.3) is 11.3 Å². The van der Waals surface area contributed by atoms with Gasteiger partial charge in [-0.1, -0.05) is 23.7 Å². The molecule has 2 aromatic rings. The number of ketones is 1. The first-order valence-electron chi connectivity index (χ1n) is 7.75. The average Bonchev–Trinajstić information content (AvgIpc) is 2.77. The van der Waals surface area contributed by atoms with Crippen molar-refractivity contribution in [2.24, 2.45) is 0 Å². The molecule has 7 heteroatoms. The fraction of sp³-hybridized carbons (Fsp3) is 0.211. The van der Waals surface area contributed by atoms with E-state index in [1.54, 1.807) is 13.8 Å². The van der Waals surface area contributed by atoms with Crippen molar-refractivity contribution in [1.82, 2.24) is 0 Å². The van der Waals surface area contributed by atoms with E-state index in [1.165, 1.54) is 42.5 Å². The maximum absolute atomic E-state index is 13.3. The van der Waals surface area contributed by atoms with E-state index in [1.807, 2.05) is 0 Å². The number of carbonyl (C=O) groups excluding carboxylic acids is 1. The summed E-state index contributed by atoms with van der Waals surface area (Å²) < 4.78 is 42.5. The Bertz CT molecular complexity index is 1040. The third-order valence-corrected chi connectivity index (χ3v) is 5.53. The van der Waals surface area contributed by atoms with Crippen LogP contribution in [0.5, 0.6) is 0 Å². The molecule has 3 rings (SSSR count). The zero-order valence-corrected chi connectivity index (χ0v) is 15.9. The lowest BCUT2D eigenvalue weighted by Crippen LogP contribution is -2.29. The predicted molar refractivity (Wildman–Crippen MR) is 97.9 cm³/mol. The summed E-state index contributed by atoms with van der Waals surface area (Å²) in [7, 11) is -3.42. The molecule has 26 heavy (non-hydrogen) atoms. The minimum atomic E-state index is -3.42. The predicted octanol–water partition coefficient (Wildman–Crippen LogP) is 4.13. The molecule has 1 heterocycles. The monoisotopic (exact) mass is 394 g/mol. The average molecular weight is 395 g/mol. The van der Waals surface area contributed by atoms with Crippen molar-refractivity contribution in [2.75, 3.05) is 6.26 Å². The Morgan fingerprint density at radius 3 is 2.23 bits per heavy atom. The number of hydrogen-bond acceptors (Lipinski definition) is 4. The second-order valence-corrected chi connectivity index (χ2v) is 8.99. The van der Waals surface area contributed by atoms with Gasteiger partial charge in [-0.15, -0.1) is 0 Å². The van der Waals surface area contributed by atoms with Gasteiger partial charge in [0.2, 0.25) is 5.78 Å². The summed E-state index contributed by atoms with van der Waals surface area (Å²) in [6.45, 7) is 3.26. The molecule has 0 atom stereocenters. The Balaban J connectivity index is 2.22. The van der Waals surface area contributed by atoms with E-state index < -0.39 is 21.3 Å². The summed E-state index contributed by atoms with van der Waals surface area (Å²) in [5.74, 6) is -0.434. The van der Waals surface area contributed by atoms with Crippen LogP contribution in [0.4, 0.5) is 4.39 Å². The van der Waals surface area contributed by atoms with Gasteiger partial charge in [0.1, 0.15) is 11.6 Å². The normalized spacial score (nSPS) is 16.7. The van der Waals surface area contributed by atoms with Gasteiger partial charge in [0.05, 0.1) is 15.5 Å². The Morgan fingerprint density at radius 1 is 1.08 bits per heavy atom. The molecule has 4 nitrogen and oxygen atoms in total. The number of carbonyl (C=O) groups is 1. The molecular formula is C19H16ClFO4S. The van der Waals surface area contributed by atoms with E-state index in [0.29, 0.717) is 11.1 Å². The second kappa shape index (κ2) is 6.21. The Kier molecular flexibility index (Phi) is 4.45. The van der Waals surface area contributed by atoms with E-state index in [4.69, 9.17) is 16.3 Å². The van der Waals surface area contributed by atoms with Crippen LogP contribution in [-0.4, -0.2) is 26.1 Å². The van der Waals surface area contributed by atoms with Crippen molar-refractivity contribution < 1.29 is 22.3 Å². The SMILES string of the molecule is CC1(C)OC(c2ccc(S(C)(=O)=O)cc2Cl)=C(c2ccc(F)cc2)C1=O. The number of sulfone groups is 1. The maximum Gasteiger partial charge on any atom is 0.210 e. The van der Waals surface area contributed by atoms with E-state index >= 15 is 0 Å². The first-order valence-corrected chi connectivity index (χ1v) is 10.0. The van der Waals surface area contributed by atoms with Crippen molar-refractivity contribution in [2.45, 2.75) is 24.3 Å². The molecule has 0 radical (unpaired) electrons. The first-order chi connectivity index (χ1) is 12.0. The number of Topliss-reactive ketones (excluding diaryl/α,β-unsaturated/α-hetero) is 1. The highest BCUT2D eigenvalue weighted by Gasteiger charge is 2.43. The lowest BCUT2D eigenvalue weighted by atomic mass is 9.92. The zero-order valence-electron chi connectivity index (χ0n) is 14.3. The van der Waals surface area contributed by atoms with E-state index in [9.17, 15) is 17.6 Å². The number of rotatable bonds is 3. The molecule has 0 aliphatic carbocycles. The molecule has 0 saturated heterocycles. The Hall–Kier alpha value is -2.18. The van der Waals surface area contributed by atoms with Crippen molar-refractivity contribution in [3.8, 4) is 0 Å². The van der Waals surface area contributed by atoms with Crippen LogP contribution >= 0.6 is 11.6 Å². The van der Waals surface area contributed by atoms with Gasteiger partial charge in [-0.25, -0.2) is 12.8 Å². The summed E-state index contributed by atoms with van der Waals surface area (Å²) in [5.41, 5.74) is 0.0688.